The highest BCUT2D eigenvalue weighted by molar-refractivity contribution is 6.00. The topological polar surface area (TPSA) is 96.7 Å². The summed E-state index contributed by atoms with van der Waals surface area (Å²) in [5.41, 5.74) is 7.26. The maximum atomic E-state index is 11.4. The summed E-state index contributed by atoms with van der Waals surface area (Å²) in [4.78, 5) is 1.82. The third-order valence-corrected chi connectivity index (χ3v) is 3.02. The van der Waals surface area contributed by atoms with E-state index < -0.39 is 0 Å². The predicted molar refractivity (Wildman–Crippen MR) is 73.7 cm³/mol. The van der Waals surface area contributed by atoms with Gasteiger partial charge in [0.1, 0.15) is 0 Å². The van der Waals surface area contributed by atoms with Crippen LogP contribution < -0.4 is 15.4 Å². The summed E-state index contributed by atoms with van der Waals surface area (Å²) in [5, 5.41) is 31.1. The van der Waals surface area contributed by atoms with E-state index >= 15 is 0 Å². The normalized spacial score (nSPS) is 10.8. The molecule has 0 saturated heterocycles. The highest BCUT2D eigenvalue weighted by Crippen LogP contribution is 2.29. The molecule has 2 rings (SSSR count). The van der Waals surface area contributed by atoms with Gasteiger partial charge in [-0.15, -0.1) is 0 Å². The number of hydrogen-bond donors (Lipinski definition) is 3. The number of anilines is 2. The summed E-state index contributed by atoms with van der Waals surface area (Å²) in [6, 6.07) is 5.22. The van der Waals surface area contributed by atoms with E-state index in [1.807, 2.05) is 4.90 Å². The van der Waals surface area contributed by atoms with Crippen LogP contribution in [0.3, 0.4) is 0 Å². The SMILES string of the molecule is Nc1ccc(N(CCO)CCO)c2c[n+]([O-])ccc12. The van der Waals surface area contributed by atoms with E-state index in [0.717, 1.165) is 11.1 Å². The van der Waals surface area contributed by atoms with E-state index in [2.05, 4.69) is 0 Å². The Kier molecular flexibility index (Phi) is 4.03. The largest absolute Gasteiger partial charge is 0.619 e. The van der Waals surface area contributed by atoms with E-state index in [4.69, 9.17) is 15.9 Å². The molecule has 0 aliphatic rings. The van der Waals surface area contributed by atoms with Crippen LogP contribution in [0.25, 0.3) is 10.8 Å². The summed E-state index contributed by atoms with van der Waals surface area (Å²) in [7, 11) is 0. The maximum Gasteiger partial charge on any atom is 0.190 e. The van der Waals surface area contributed by atoms with Crippen molar-refractivity contribution in [2.45, 2.75) is 0 Å². The van der Waals surface area contributed by atoms with Crippen LogP contribution in [0.1, 0.15) is 0 Å². The van der Waals surface area contributed by atoms with Crippen molar-refractivity contribution in [3.63, 3.8) is 0 Å². The molecule has 6 heteroatoms. The van der Waals surface area contributed by atoms with Gasteiger partial charge in [0.15, 0.2) is 12.4 Å². The van der Waals surface area contributed by atoms with Crippen LogP contribution in [0.5, 0.6) is 0 Å². The number of nitrogens with two attached hydrogens (primary N) is 1. The van der Waals surface area contributed by atoms with E-state index in [-0.39, 0.29) is 13.2 Å². The smallest absolute Gasteiger partial charge is 0.190 e. The highest BCUT2D eigenvalue weighted by atomic mass is 16.5. The van der Waals surface area contributed by atoms with Crippen molar-refractivity contribution in [3.05, 3.63) is 35.8 Å². The van der Waals surface area contributed by atoms with Gasteiger partial charge in [-0.05, 0) is 12.1 Å². The molecule has 0 unspecified atom stereocenters. The molecule has 1 aromatic heterocycles. The number of aromatic nitrogens is 1. The fourth-order valence-corrected chi connectivity index (χ4v) is 2.15. The molecular weight excluding hydrogens is 246 g/mol. The molecule has 19 heavy (non-hydrogen) atoms. The molecule has 0 amide bonds. The Balaban J connectivity index is 2.58. The van der Waals surface area contributed by atoms with E-state index in [0.29, 0.717) is 28.9 Å². The first-order chi connectivity index (χ1) is 9.17. The molecule has 0 atom stereocenters. The second-order valence-corrected chi connectivity index (χ2v) is 4.24. The molecule has 6 nitrogen and oxygen atoms in total. The standard InChI is InChI=1S/C13H17N3O3/c14-12-1-2-13(15(5-7-17)6-8-18)11-9-16(19)4-3-10(11)12/h1-4,9,17-18H,5-8,14H2. The zero-order valence-corrected chi connectivity index (χ0v) is 10.5. The number of nitrogen functional groups attached to an aromatic ring is 1. The number of pyridine rings is 1. The van der Waals surface area contributed by atoms with Gasteiger partial charge >= 0.3 is 0 Å². The molecule has 0 fully saturated rings. The Morgan fingerprint density at radius 2 is 1.79 bits per heavy atom. The summed E-state index contributed by atoms with van der Waals surface area (Å²) in [5.74, 6) is 0. The Hall–Kier alpha value is -2.05. The molecule has 0 aliphatic carbocycles. The second kappa shape index (κ2) is 5.73. The van der Waals surface area contributed by atoms with Gasteiger partial charge in [0, 0.05) is 30.2 Å². The minimum atomic E-state index is -0.0317. The van der Waals surface area contributed by atoms with Crippen LogP contribution in [-0.2, 0) is 0 Å². The van der Waals surface area contributed by atoms with E-state index in [1.165, 1.54) is 12.4 Å². The van der Waals surface area contributed by atoms with Crippen LogP contribution in [0.4, 0.5) is 11.4 Å². The Morgan fingerprint density at radius 1 is 1.11 bits per heavy atom. The molecule has 102 valence electrons. The molecule has 4 N–H and O–H groups in total. The molecule has 0 bridgehead atoms. The van der Waals surface area contributed by atoms with Gasteiger partial charge in [-0.3, -0.25) is 0 Å². The molecule has 2 aromatic rings. The number of hydrogen-bond acceptors (Lipinski definition) is 5. The quantitative estimate of drug-likeness (QED) is 0.396. The van der Waals surface area contributed by atoms with Crippen LogP contribution in [0, 0.1) is 5.21 Å². The minimum absolute atomic E-state index is 0.0317. The van der Waals surface area contributed by atoms with Gasteiger partial charge < -0.3 is 26.1 Å². The monoisotopic (exact) mass is 263 g/mol. The number of rotatable bonds is 5. The third-order valence-electron chi connectivity index (χ3n) is 3.02. The first kappa shape index (κ1) is 13.4. The lowest BCUT2D eigenvalue weighted by Crippen LogP contribution is -2.31. The van der Waals surface area contributed by atoms with Gasteiger partial charge in [0.25, 0.3) is 0 Å². The van der Waals surface area contributed by atoms with Crippen molar-refractivity contribution < 1.29 is 14.9 Å². The van der Waals surface area contributed by atoms with Crippen LogP contribution >= 0.6 is 0 Å². The molecule has 1 aromatic carbocycles. The Labute approximate surface area is 110 Å². The first-order valence-corrected chi connectivity index (χ1v) is 6.05. The summed E-state index contributed by atoms with van der Waals surface area (Å²) in [6.45, 7) is 0.701. The molecule has 0 saturated carbocycles. The van der Waals surface area contributed by atoms with Gasteiger partial charge in [0.2, 0.25) is 0 Å². The van der Waals surface area contributed by atoms with Crippen LogP contribution in [-0.4, -0.2) is 36.5 Å². The number of benzene rings is 1. The van der Waals surface area contributed by atoms with E-state index in [1.54, 1.807) is 18.2 Å². The van der Waals surface area contributed by atoms with Crippen molar-refractivity contribution in [1.29, 1.82) is 0 Å². The predicted octanol–water partition coefficient (Wildman–Crippen LogP) is -0.154. The lowest BCUT2D eigenvalue weighted by molar-refractivity contribution is -0.603. The third kappa shape index (κ3) is 2.69. The lowest BCUT2D eigenvalue weighted by atomic mass is 10.1. The molecule has 0 spiro atoms. The van der Waals surface area contributed by atoms with E-state index in [9.17, 15) is 5.21 Å². The average Bonchev–Trinajstić information content (AvgIpc) is 2.39. The summed E-state index contributed by atoms with van der Waals surface area (Å²) < 4.78 is 0.710. The van der Waals surface area contributed by atoms with Crippen LogP contribution in [0.15, 0.2) is 30.6 Å². The fraction of sp³-hybridized carbons (Fsp3) is 0.308. The van der Waals surface area contributed by atoms with Crippen molar-refractivity contribution in [1.82, 2.24) is 0 Å². The minimum Gasteiger partial charge on any atom is -0.619 e. The highest BCUT2D eigenvalue weighted by Gasteiger charge is 2.13. The number of nitrogens with zero attached hydrogens (tertiary/aromatic N) is 2. The Bertz CT molecular complexity index is 568. The van der Waals surface area contributed by atoms with Gasteiger partial charge in [0.05, 0.1) is 24.3 Å². The summed E-state index contributed by atoms with van der Waals surface area (Å²) >= 11 is 0. The van der Waals surface area contributed by atoms with Crippen molar-refractivity contribution in [3.8, 4) is 0 Å². The zero-order valence-electron chi connectivity index (χ0n) is 10.5. The van der Waals surface area contributed by atoms with Gasteiger partial charge in [-0.25, -0.2) is 0 Å². The fourth-order valence-electron chi connectivity index (χ4n) is 2.15. The zero-order chi connectivity index (χ0) is 13.8. The lowest BCUT2D eigenvalue weighted by Gasteiger charge is -2.24. The van der Waals surface area contributed by atoms with Gasteiger partial charge in [-0.2, -0.15) is 4.73 Å². The van der Waals surface area contributed by atoms with Crippen molar-refractivity contribution in [2.24, 2.45) is 0 Å². The average molecular weight is 263 g/mol. The summed E-state index contributed by atoms with van der Waals surface area (Å²) in [6.07, 6.45) is 2.84. The number of aliphatic hydroxyl groups excluding tert-OH is 2. The molecule has 0 aliphatic heterocycles. The first-order valence-electron chi connectivity index (χ1n) is 6.05. The molecule has 0 radical (unpaired) electrons. The number of fused-ring (bicyclic) bond motifs is 1. The molecular formula is C13H17N3O3. The second-order valence-electron chi connectivity index (χ2n) is 4.24. The van der Waals surface area contributed by atoms with Crippen molar-refractivity contribution in [2.75, 3.05) is 36.9 Å². The Morgan fingerprint density at radius 3 is 2.42 bits per heavy atom. The molecule has 1 heterocycles. The number of aliphatic hydroxyl groups is 2. The van der Waals surface area contributed by atoms with Gasteiger partial charge in [-0.1, -0.05) is 0 Å². The van der Waals surface area contributed by atoms with Crippen LogP contribution in [0.2, 0.25) is 0 Å². The van der Waals surface area contributed by atoms with Crippen molar-refractivity contribution >= 4 is 22.1 Å². The maximum absolute atomic E-state index is 11.4.